The lowest BCUT2D eigenvalue weighted by molar-refractivity contribution is -0.136. The van der Waals surface area contributed by atoms with Gasteiger partial charge in [0.15, 0.2) is 0 Å². The molecule has 2 aromatic rings. The van der Waals surface area contributed by atoms with Crippen LogP contribution in [0.4, 0.5) is 0 Å². The fourth-order valence-electron chi connectivity index (χ4n) is 3.11. The number of benzene rings is 2. The molecular formula is C19H20O2S. The van der Waals surface area contributed by atoms with Crippen molar-refractivity contribution in [2.75, 3.05) is 0 Å². The van der Waals surface area contributed by atoms with E-state index in [0.717, 1.165) is 16.4 Å². The Balaban J connectivity index is 1.74. The SMILES string of the molecule is O=C(O)Cc1ccccc1Sc1ccc(C2CCCC2)cc1. The van der Waals surface area contributed by atoms with E-state index in [9.17, 15) is 4.79 Å². The zero-order valence-electron chi connectivity index (χ0n) is 12.5. The van der Waals surface area contributed by atoms with Crippen molar-refractivity contribution < 1.29 is 9.90 Å². The first-order valence-corrected chi connectivity index (χ1v) is 8.61. The van der Waals surface area contributed by atoms with E-state index in [0.29, 0.717) is 0 Å². The zero-order chi connectivity index (χ0) is 15.4. The van der Waals surface area contributed by atoms with Gasteiger partial charge in [-0.2, -0.15) is 0 Å². The molecule has 0 radical (unpaired) electrons. The average Bonchev–Trinajstić information content (AvgIpc) is 3.04. The van der Waals surface area contributed by atoms with Gasteiger partial charge in [0.2, 0.25) is 0 Å². The fraction of sp³-hybridized carbons (Fsp3) is 0.316. The molecule has 2 aromatic carbocycles. The summed E-state index contributed by atoms with van der Waals surface area (Å²) in [4.78, 5) is 13.1. The predicted octanol–water partition coefficient (Wildman–Crippen LogP) is 5.12. The van der Waals surface area contributed by atoms with Crippen LogP contribution in [0.25, 0.3) is 0 Å². The lowest BCUT2D eigenvalue weighted by Gasteiger charge is -2.11. The minimum atomic E-state index is -0.787. The van der Waals surface area contributed by atoms with Crippen LogP contribution in [-0.2, 0) is 11.2 Å². The third-order valence-electron chi connectivity index (χ3n) is 4.25. The standard InChI is InChI=1S/C19H20O2S/c20-19(21)13-16-7-3-4-8-18(16)22-17-11-9-15(10-12-17)14-5-1-2-6-14/h3-4,7-12,14H,1-2,5-6,13H2,(H,20,21). The highest BCUT2D eigenvalue weighted by Gasteiger charge is 2.16. The van der Waals surface area contributed by atoms with Crippen LogP contribution < -0.4 is 0 Å². The largest absolute Gasteiger partial charge is 0.481 e. The average molecular weight is 312 g/mol. The van der Waals surface area contributed by atoms with Gasteiger partial charge in [-0.25, -0.2) is 0 Å². The molecule has 0 unspecified atom stereocenters. The van der Waals surface area contributed by atoms with Crippen molar-refractivity contribution in [3.05, 3.63) is 59.7 Å². The second-order valence-corrected chi connectivity index (χ2v) is 6.95. The number of hydrogen-bond acceptors (Lipinski definition) is 2. The van der Waals surface area contributed by atoms with Crippen LogP contribution in [0.2, 0.25) is 0 Å². The number of rotatable bonds is 5. The van der Waals surface area contributed by atoms with E-state index in [1.54, 1.807) is 11.8 Å². The molecule has 114 valence electrons. The Kier molecular flexibility index (Phi) is 4.84. The molecule has 3 rings (SSSR count). The Labute approximate surface area is 135 Å². The van der Waals surface area contributed by atoms with Crippen molar-refractivity contribution >= 4 is 17.7 Å². The second-order valence-electron chi connectivity index (χ2n) is 5.83. The van der Waals surface area contributed by atoms with Crippen LogP contribution in [0, 0.1) is 0 Å². The summed E-state index contributed by atoms with van der Waals surface area (Å²) in [7, 11) is 0. The number of carbonyl (C=O) groups is 1. The summed E-state index contributed by atoms with van der Waals surface area (Å²) in [6.45, 7) is 0. The molecular weight excluding hydrogens is 292 g/mol. The maximum atomic E-state index is 11.0. The van der Waals surface area contributed by atoms with Gasteiger partial charge in [0.25, 0.3) is 0 Å². The minimum absolute atomic E-state index is 0.0727. The van der Waals surface area contributed by atoms with Gasteiger partial charge >= 0.3 is 5.97 Å². The molecule has 0 bridgehead atoms. The highest BCUT2D eigenvalue weighted by Crippen LogP contribution is 2.36. The van der Waals surface area contributed by atoms with Crippen LogP contribution in [0.3, 0.4) is 0 Å². The number of carboxylic acid groups (broad SMARTS) is 1. The van der Waals surface area contributed by atoms with Crippen molar-refractivity contribution in [2.45, 2.75) is 47.8 Å². The molecule has 0 amide bonds. The van der Waals surface area contributed by atoms with Gasteiger partial charge < -0.3 is 5.11 Å². The number of carboxylic acids is 1. The van der Waals surface area contributed by atoms with Gasteiger partial charge in [-0.15, -0.1) is 0 Å². The zero-order valence-corrected chi connectivity index (χ0v) is 13.3. The maximum absolute atomic E-state index is 11.0. The molecule has 1 aliphatic carbocycles. The van der Waals surface area contributed by atoms with Crippen LogP contribution >= 0.6 is 11.8 Å². The highest BCUT2D eigenvalue weighted by atomic mass is 32.2. The van der Waals surface area contributed by atoms with Crippen molar-refractivity contribution in [1.29, 1.82) is 0 Å². The first-order chi connectivity index (χ1) is 10.7. The van der Waals surface area contributed by atoms with Gasteiger partial charge in [0.1, 0.15) is 0 Å². The van der Waals surface area contributed by atoms with Crippen molar-refractivity contribution in [3.63, 3.8) is 0 Å². The number of hydrogen-bond donors (Lipinski definition) is 1. The summed E-state index contributed by atoms with van der Waals surface area (Å²) in [6, 6.07) is 16.5. The van der Waals surface area contributed by atoms with Crippen LogP contribution in [-0.4, -0.2) is 11.1 Å². The van der Waals surface area contributed by atoms with Crippen LogP contribution in [0.5, 0.6) is 0 Å². The third-order valence-corrected chi connectivity index (χ3v) is 5.37. The molecule has 22 heavy (non-hydrogen) atoms. The summed E-state index contributed by atoms with van der Waals surface area (Å²) < 4.78 is 0. The second kappa shape index (κ2) is 7.01. The van der Waals surface area contributed by atoms with E-state index in [1.165, 1.54) is 36.1 Å². The first-order valence-electron chi connectivity index (χ1n) is 7.80. The molecule has 1 N–H and O–H groups in total. The predicted molar refractivity (Wildman–Crippen MR) is 89.6 cm³/mol. The molecule has 0 aromatic heterocycles. The van der Waals surface area contributed by atoms with E-state index in [2.05, 4.69) is 24.3 Å². The van der Waals surface area contributed by atoms with Crippen molar-refractivity contribution in [1.82, 2.24) is 0 Å². The Morgan fingerprint density at radius 3 is 2.41 bits per heavy atom. The van der Waals surface area contributed by atoms with Crippen molar-refractivity contribution in [2.24, 2.45) is 0 Å². The van der Waals surface area contributed by atoms with Gasteiger partial charge in [-0.05, 0) is 48.1 Å². The minimum Gasteiger partial charge on any atom is -0.481 e. The molecule has 1 aliphatic rings. The quantitative estimate of drug-likeness (QED) is 0.832. The van der Waals surface area contributed by atoms with E-state index in [4.69, 9.17) is 5.11 Å². The van der Waals surface area contributed by atoms with Gasteiger partial charge in [-0.3, -0.25) is 4.79 Å². The summed E-state index contributed by atoms with van der Waals surface area (Å²) in [5.41, 5.74) is 2.32. The molecule has 0 saturated heterocycles. The molecule has 0 heterocycles. The van der Waals surface area contributed by atoms with E-state index in [1.807, 2.05) is 24.3 Å². The van der Waals surface area contributed by atoms with Gasteiger partial charge in [0.05, 0.1) is 6.42 Å². The molecule has 0 atom stereocenters. The highest BCUT2D eigenvalue weighted by molar-refractivity contribution is 7.99. The first kappa shape index (κ1) is 15.2. The van der Waals surface area contributed by atoms with Crippen molar-refractivity contribution in [3.8, 4) is 0 Å². The molecule has 1 fully saturated rings. The van der Waals surface area contributed by atoms with E-state index < -0.39 is 5.97 Å². The summed E-state index contributed by atoms with van der Waals surface area (Å²) >= 11 is 1.64. The smallest absolute Gasteiger partial charge is 0.307 e. The Morgan fingerprint density at radius 1 is 1.05 bits per heavy atom. The molecule has 0 aliphatic heterocycles. The topological polar surface area (TPSA) is 37.3 Å². The fourth-order valence-corrected chi connectivity index (χ4v) is 4.05. The summed E-state index contributed by atoms with van der Waals surface area (Å²) in [5, 5.41) is 9.01. The number of aliphatic carboxylic acids is 1. The molecule has 2 nitrogen and oxygen atoms in total. The Hall–Kier alpha value is -1.74. The molecule has 3 heteroatoms. The molecule has 0 spiro atoms. The summed E-state index contributed by atoms with van der Waals surface area (Å²) in [6.07, 6.45) is 5.40. The van der Waals surface area contributed by atoms with E-state index in [-0.39, 0.29) is 6.42 Å². The normalized spacial score (nSPS) is 15.1. The van der Waals surface area contributed by atoms with E-state index >= 15 is 0 Å². The Bertz CT molecular complexity index is 643. The maximum Gasteiger partial charge on any atom is 0.307 e. The third kappa shape index (κ3) is 3.72. The lowest BCUT2D eigenvalue weighted by Crippen LogP contribution is -2.01. The Morgan fingerprint density at radius 2 is 1.73 bits per heavy atom. The molecule has 1 saturated carbocycles. The van der Waals surface area contributed by atoms with Gasteiger partial charge in [0, 0.05) is 9.79 Å². The lowest BCUT2D eigenvalue weighted by atomic mass is 9.98. The van der Waals surface area contributed by atoms with Crippen LogP contribution in [0.1, 0.15) is 42.7 Å². The monoisotopic (exact) mass is 312 g/mol. The van der Waals surface area contributed by atoms with Crippen LogP contribution in [0.15, 0.2) is 58.3 Å². The summed E-state index contributed by atoms with van der Waals surface area (Å²) in [5.74, 6) is -0.0528. The van der Waals surface area contributed by atoms with Gasteiger partial charge in [-0.1, -0.05) is 54.9 Å².